The van der Waals surface area contributed by atoms with Crippen molar-refractivity contribution in [1.82, 2.24) is 14.9 Å². The molecule has 0 amide bonds. The third-order valence-electron chi connectivity index (χ3n) is 7.09. The van der Waals surface area contributed by atoms with E-state index in [1.807, 2.05) is 13.0 Å². The predicted octanol–water partition coefficient (Wildman–Crippen LogP) is 5.09. The van der Waals surface area contributed by atoms with Crippen molar-refractivity contribution in [3.63, 3.8) is 0 Å². The molecule has 2 N–H and O–H groups in total. The molecule has 2 fully saturated rings. The van der Waals surface area contributed by atoms with Crippen molar-refractivity contribution in [2.75, 3.05) is 31.6 Å². The predicted molar refractivity (Wildman–Crippen MR) is 122 cm³/mol. The highest BCUT2D eigenvalue weighted by Crippen LogP contribution is 2.43. The fraction of sp³-hybridized carbons (Fsp3) is 0.480. The summed E-state index contributed by atoms with van der Waals surface area (Å²) in [5.74, 6) is 0.845. The molecule has 0 radical (unpaired) electrons. The summed E-state index contributed by atoms with van der Waals surface area (Å²) >= 11 is 0. The van der Waals surface area contributed by atoms with Crippen molar-refractivity contribution < 1.29 is 22.6 Å². The molecular formula is C25H27F3N4O2. The molecule has 6 rings (SSSR count). The first-order valence-electron chi connectivity index (χ1n) is 11.8. The molecule has 0 spiro atoms. The zero-order valence-corrected chi connectivity index (χ0v) is 18.9. The van der Waals surface area contributed by atoms with Gasteiger partial charge in [0.15, 0.2) is 0 Å². The van der Waals surface area contributed by atoms with Gasteiger partial charge in [-0.15, -0.1) is 0 Å². The van der Waals surface area contributed by atoms with Gasteiger partial charge in [0.2, 0.25) is 0 Å². The van der Waals surface area contributed by atoms with Gasteiger partial charge >= 0.3 is 6.18 Å². The molecule has 34 heavy (non-hydrogen) atoms. The molecule has 3 aliphatic rings. The zero-order valence-electron chi connectivity index (χ0n) is 18.9. The summed E-state index contributed by atoms with van der Waals surface area (Å²) in [7, 11) is 0. The third-order valence-corrected chi connectivity index (χ3v) is 7.09. The number of rotatable bonds is 4. The van der Waals surface area contributed by atoms with Gasteiger partial charge in [-0.05, 0) is 49.9 Å². The Hall–Kier alpha value is -2.78. The van der Waals surface area contributed by atoms with Crippen LogP contribution in [-0.2, 0) is 10.9 Å². The van der Waals surface area contributed by atoms with Gasteiger partial charge in [-0.3, -0.25) is 4.90 Å². The van der Waals surface area contributed by atoms with Gasteiger partial charge in [-0.2, -0.15) is 13.2 Å². The number of pyridine rings is 1. The number of fused-ring (bicyclic) bond motifs is 2. The number of ether oxygens (including phenoxy) is 2. The Labute approximate surface area is 195 Å². The largest absolute Gasteiger partial charge is 0.491 e. The fourth-order valence-corrected chi connectivity index (χ4v) is 5.16. The molecule has 6 nitrogen and oxygen atoms in total. The van der Waals surface area contributed by atoms with Gasteiger partial charge in [-0.1, -0.05) is 6.07 Å². The Morgan fingerprint density at radius 2 is 2.03 bits per heavy atom. The second-order valence-electron chi connectivity index (χ2n) is 9.55. The Balaban J connectivity index is 1.39. The van der Waals surface area contributed by atoms with Gasteiger partial charge in [-0.25, -0.2) is 4.98 Å². The number of anilines is 1. The topological polar surface area (TPSA) is 62.4 Å². The van der Waals surface area contributed by atoms with Crippen LogP contribution in [0.3, 0.4) is 0 Å². The van der Waals surface area contributed by atoms with Crippen LogP contribution in [0.15, 0.2) is 36.5 Å². The van der Waals surface area contributed by atoms with Crippen molar-refractivity contribution in [2.24, 2.45) is 0 Å². The highest BCUT2D eigenvalue weighted by molar-refractivity contribution is 5.90. The smallest absolute Gasteiger partial charge is 0.416 e. The molecule has 2 aromatic heterocycles. The maximum Gasteiger partial charge on any atom is 0.416 e. The third kappa shape index (κ3) is 4.01. The average molecular weight is 473 g/mol. The molecule has 1 saturated heterocycles. The lowest BCUT2D eigenvalue weighted by Crippen LogP contribution is -2.54. The summed E-state index contributed by atoms with van der Waals surface area (Å²) in [5, 5.41) is 4.67. The summed E-state index contributed by atoms with van der Waals surface area (Å²) in [6.07, 6.45) is -0.207. The van der Waals surface area contributed by atoms with E-state index in [0.29, 0.717) is 19.1 Å². The van der Waals surface area contributed by atoms with E-state index >= 15 is 0 Å². The quantitative estimate of drug-likeness (QED) is 0.554. The minimum absolute atomic E-state index is 0.0550. The van der Waals surface area contributed by atoms with E-state index in [-0.39, 0.29) is 23.9 Å². The number of nitrogens with one attached hydrogen (secondary N) is 2. The van der Waals surface area contributed by atoms with Crippen molar-refractivity contribution in [1.29, 1.82) is 0 Å². The van der Waals surface area contributed by atoms with Gasteiger partial charge in [0.05, 0.1) is 30.4 Å². The molecular weight excluding hydrogens is 445 g/mol. The van der Waals surface area contributed by atoms with E-state index in [1.165, 1.54) is 18.5 Å². The number of benzene rings is 1. The molecule has 3 unspecified atom stereocenters. The van der Waals surface area contributed by atoms with Crippen LogP contribution in [0.1, 0.15) is 48.5 Å². The standard InChI is InChI=1S/C25H27F3N4O2/c1-14-12-32(8-9-33-14)21-13-34-22-10-16(25(26,27)28)4-5-17(22)23(21)30-19-6-7-29-24-18(19)11-20(31-24)15-2-3-15/h4-7,10-11,14-15,21,23H,2-3,8-9,12-13H2,1H3,(H2,29,30,31). The van der Waals surface area contributed by atoms with Gasteiger partial charge in [0.1, 0.15) is 18.0 Å². The minimum atomic E-state index is -4.42. The fourth-order valence-electron chi connectivity index (χ4n) is 5.16. The number of hydrogen-bond acceptors (Lipinski definition) is 5. The van der Waals surface area contributed by atoms with Gasteiger partial charge < -0.3 is 19.8 Å². The molecule has 0 bridgehead atoms. The highest BCUT2D eigenvalue weighted by Gasteiger charge is 2.39. The molecule has 180 valence electrons. The first-order chi connectivity index (χ1) is 16.4. The summed E-state index contributed by atoms with van der Waals surface area (Å²) in [6, 6.07) is 7.60. The van der Waals surface area contributed by atoms with Crippen molar-refractivity contribution in [3.05, 3.63) is 53.3 Å². The Morgan fingerprint density at radius 3 is 2.79 bits per heavy atom. The highest BCUT2D eigenvalue weighted by atomic mass is 19.4. The number of aromatic amines is 1. The number of halogens is 3. The molecule has 3 aromatic rings. The SMILES string of the molecule is CC1CN(C2COc3cc(C(F)(F)F)ccc3C2Nc2ccnc3[nH]c(C4CC4)cc23)CCO1. The van der Waals surface area contributed by atoms with Crippen LogP contribution in [0, 0.1) is 0 Å². The minimum Gasteiger partial charge on any atom is -0.491 e. The van der Waals surface area contributed by atoms with Crippen molar-refractivity contribution in [2.45, 2.75) is 50.0 Å². The summed E-state index contributed by atoms with van der Waals surface area (Å²) in [6.45, 7) is 4.44. The second kappa shape index (κ2) is 8.16. The number of hydrogen-bond donors (Lipinski definition) is 2. The molecule has 1 aromatic carbocycles. The number of alkyl halides is 3. The van der Waals surface area contributed by atoms with E-state index in [9.17, 15) is 13.2 Å². The van der Waals surface area contributed by atoms with Crippen LogP contribution < -0.4 is 10.1 Å². The van der Waals surface area contributed by atoms with Crippen molar-refractivity contribution in [3.8, 4) is 5.75 Å². The lowest BCUT2D eigenvalue weighted by molar-refractivity contribution is -0.137. The number of H-pyrrole nitrogens is 1. The lowest BCUT2D eigenvalue weighted by Gasteiger charge is -2.44. The van der Waals surface area contributed by atoms with E-state index in [2.05, 4.69) is 26.3 Å². The monoisotopic (exact) mass is 472 g/mol. The summed E-state index contributed by atoms with van der Waals surface area (Å²) in [4.78, 5) is 10.2. The number of aromatic nitrogens is 2. The molecule has 4 heterocycles. The van der Waals surface area contributed by atoms with E-state index in [0.717, 1.165) is 47.5 Å². The van der Waals surface area contributed by atoms with Crippen LogP contribution in [0.5, 0.6) is 5.75 Å². The van der Waals surface area contributed by atoms with E-state index < -0.39 is 11.7 Å². The van der Waals surface area contributed by atoms with E-state index in [1.54, 1.807) is 12.3 Å². The first-order valence-corrected chi connectivity index (χ1v) is 11.8. The Kier molecular flexibility index (Phi) is 5.22. The van der Waals surface area contributed by atoms with Gasteiger partial charge in [0.25, 0.3) is 0 Å². The Morgan fingerprint density at radius 1 is 1.18 bits per heavy atom. The number of morpholine rings is 1. The van der Waals surface area contributed by atoms with Crippen LogP contribution >= 0.6 is 0 Å². The summed E-state index contributed by atoms with van der Waals surface area (Å²) < 4.78 is 51.7. The zero-order chi connectivity index (χ0) is 23.4. The van der Waals surface area contributed by atoms with Crippen LogP contribution in [-0.4, -0.2) is 53.3 Å². The van der Waals surface area contributed by atoms with Crippen LogP contribution in [0.2, 0.25) is 0 Å². The van der Waals surface area contributed by atoms with E-state index in [4.69, 9.17) is 9.47 Å². The molecule has 3 atom stereocenters. The number of nitrogens with zero attached hydrogens (tertiary/aromatic N) is 2. The molecule has 1 saturated carbocycles. The first kappa shape index (κ1) is 21.7. The Bertz CT molecular complexity index is 1210. The maximum atomic E-state index is 13.4. The van der Waals surface area contributed by atoms with Gasteiger partial charge in [0, 0.05) is 41.6 Å². The average Bonchev–Trinajstić information content (AvgIpc) is 3.57. The molecule has 9 heteroatoms. The summed E-state index contributed by atoms with van der Waals surface area (Å²) in [5.41, 5.74) is 2.96. The second-order valence-corrected chi connectivity index (χ2v) is 9.55. The van der Waals surface area contributed by atoms with Crippen molar-refractivity contribution >= 4 is 16.7 Å². The lowest BCUT2D eigenvalue weighted by atomic mass is 9.92. The maximum absolute atomic E-state index is 13.4. The molecule has 2 aliphatic heterocycles. The molecule has 1 aliphatic carbocycles. The van der Waals surface area contributed by atoms with Crippen LogP contribution in [0.25, 0.3) is 11.0 Å². The van der Waals surface area contributed by atoms with Crippen LogP contribution in [0.4, 0.5) is 18.9 Å². The normalized spacial score (nSPS) is 25.7.